The predicted molar refractivity (Wildman–Crippen MR) is 111 cm³/mol. The van der Waals surface area contributed by atoms with Gasteiger partial charge in [-0.05, 0) is 75.2 Å². The van der Waals surface area contributed by atoms with E-state index in [0.717, 1.165) is 45.9 Å². The summed E-state index contributed by atoms with van der Waals surface area (Å²) in [5.41, 5.74) is 7.40. The van der Waals surface area contributed by atoms with Crippen LogP contribution < -0.4 is 5.43 Å². The minimum atomic E-state index is -4.51. The van der Waals surface area contributed by atoms with Crippen molar-refractivity contribution in [1.82, 2.24) is 9.99 Å². The first-order valence-electron chi connectivity index (χ1n) is 9.34. The van der Waals surface area contributed by atoms with Crippen LogP contribution in [0.3, 0.4) is 0 Å². The number of aryl methyl sites for hydroxylation is 3. The highest BCUT2D eigenvalue weighted by molar-refractivity contribution is 5.95. The van der Waals surface area contributed by atoms with Gasteiger partial charge in [-0.2, -0.15) is 18.3 Å². The Morgan fingerprint density at radius 1 is 1.00 bits per heavy atom. The number of hydrogen-bond donors (Lipinski definition) is 1. The summed E-state index contributed by atoms with van der Waals surface area (Å²) in [7, 11) is 0. The fourth-order valence-corrected chi connectivity index (χ4v) is 3.46. The summed E-state index contributed by atoms with van der Waals surface area (Å²) in [6.07, 6.45) is -3.02. The first kappa shape index (κ1) is 21.4. The van der Waals surface area contributed by atoms with E-state index in [2.05, 4.69) is 33.3 Å². The van der Waals surface area contributed by atoms with Gasteiger partial charge in [0.1, 0.15) is 0 Å². The van der Waals surface area contributed by atoms with Gasteiger partial charge in [-0.15, -0.1) is 0 Å². The van der Waals surface area contributed by atoms with Crippen LogP contribution in [0.25, 0.3) is 5.69 Å². The number of carbonyl (C=O) groups is 1. The second-order valence-electron chi connectivity index (χ2n) is 7.29. The Balaban J connectivity index is 1.80. The number of rotatable bonds is 4. The number of amides is 1. The summed E-state index contributed by atoms with van der Waals surface area (Å²) in [6, 6.07) is 12.4. The van der Waals surface area contributed by atoms with E-state index >= 15 is 0 Å². The maximum absolute atomic E-state index is 12.8. The zero-order chi connectivity index (χ0) is 22.1. The molecule has 30 heavy (non-hydrogen) atoms. The summed E-state index contributed by atoms with van der Waals surface area (Å²) in [5.74, 6) is -0.708. The van der Waals surface area contributed by atoms with Gasteiger partial charge in [0.2, 0.25) is 0 Å². The number of nitrogens with zero attached hydrogens (tertiary/aromatic N) is 2. The van der Waals surface area contributed by atoms with Crippen molar-refractivity contribution >= 4 is 12.1 Å². The summed E-state index contributed by atoms with van der Waals surface area (Å²) < 4.78 is 40.5. The van der Waals surface area contributed by atoms with E-state index in [9.17, 15) is 18.0 Å². The van der Waals surface area contributed by atoms with Crippen molar-refractivity contribution in [3.05, 3.63) is 87.7 Å². The lowest BCUT2D eigenvalue weighted by Crippen LogP contribution is -2.18. The van der Waals surface area contributed by atoms with Gasteiger partial charge >= 0.3 is 6.18 Å². The number of nitrogens with one attached hydrogen (secondary N) is 1. The molecule has 156 valence electrons. The lowest BCUT2D eigenvalue weighted by molar-refractivity contribution is -0.137. The van der Waals surface area contributed by atoms with Crippen LogP contribution in [0.1, 0.15) is 44.0 Å². The Kier molecular flexibility index (Phi) is 5.82. The van der Waals surface area contributed by atoms with Crippen molar-refractivity contribution in [3.8, 4) is 5.69 Å². The fourth-order valence-electron chi connectivity index (χ4n) is 3.46. The summed E-state index contributed by atoms with van der Waals surface area (Å²) in [6.45, 7) is 8.00. The molecular weight excluding hydrogens is 391 g/mol. The van der Waals surface area contributed by atoms with Crippen molar-refractivity contribution in [2.75, 3.05) is 0 Å². The van der Waals surface area contributed by atoms with Crippen molar-refractivity contribution in [2.24, 2.45) is 5.10 Å². The standard InChI is InChI=1S/C23H22F3N3O/c1-14-8-15(2)10-21(9-14)29-16(3)11-19(17(29)4)13-27-28-22(30)18-6-5-7-20(12-18)23(24,25)26/h5-13H,1-4H3,(H,28,30)/b27-13-. The van der Waals surface area contributed by atoms with E-state index in [1.807, 2.05) is 33.8 Å². The molecule has 0 unspecified atom stereocenters. The smallest absolute Gasteiger partial charge is 0.318 e. The lowest BCUT2D eigenvalue weighted by atomic mass is 10.1. The quantitative estimate of drug-likeness (QED) is 0.446. The molecule has 1 amide bonds. The summed E-state index contributed by atoms with van der Waals surface area (Å²) in [4.78, 5) is 12.2. The first-order valence-corrected chi connectivity index (χ1v) is 9.34. The van der Waals surface area contributed by atoms with Gasteiger partial charge in [-0.1, -0.05) is 12.1 Å². The SMILES string of the molecule is Cc1cc(C)cc(-n2c(C)cc(/C=N\NC(=O)c3cccc(C(F)(F)F)c3)c2C)c1. The number of aromatic nitrogens is 1. The van der Waals surface area contributed by atoms with Crippen LogP contribution in [0.2, 0.25) is 0 Å². The molecule has 2 aromatic carbocycles. The summed E-state index contributed by atoms with van der Waals surface area (Å²) >= 11 is 0. The van der Waals surface area contributed by atoms with Crippen LogP contribution in [0.15, 0.2) is 53.6 Å². The maximum Gasteiger partial charge on any atom is 0.416 e. The molecule has 0 radical (unpaired) electrons. The van der Waals surface area contributed by atoms with Gasteiger partial charge in [0, 0.05) is 28.2 Å². The monoisotopic (exact) mass is 413 g/mol. The number of halogens is 3. The molecule has 0 saturated carbocycles. The van der Waals surface area contributed by atoms with Gasteiger partial charge in [-0.25, -0.2) is 5.43 Å². The maximum atomic E-state index is 12.8. The Morgan fingerprint density at radius 3 is 2.30 bits per heavy atom. The molecule has 4 nitrogen and oxygen atoms in total. The van der Waals surface area contributed by atoms with Gasteiger partial charge in [-0.3, -0.25) is 4.79 Å². The molecule has 7 heteroatoms. The van der Waals surface area contributed by atoms with Gasteiger partial charge < -0.3 is 4.57 Å². The highest BCUT2D eigenvalue weighted by Gasteiger charge is 2.30. The average Bonchev–Trinajstić information content (AvgIpc) is 2.93. The van der Waals surface area contributed by atoms with Gasteiger partial charge in [0.25, 0.3) is 5.91 Å². The molecule has 0 fully saturated rings. The molecule has 1 heterocycles. The third-order valence-corrected chi connectivity index (χ3v) is 4.76. The Bertz CT molecular complexity index is 1110. The molecule has 0 aliphatic carbocycles. The molecular formula is C23H22F3N3O. The molecule has 0 aliphatic rings. The molecule has 0 atom stereocenters. The lowest BCUT2D eigenvalue weighted by Gasteiger charge is -2.11. The summed E-state index contributed by atoms with van der Waals surface area (Å²) in [5, 5.41) is 3.93. The van der Waals surface area contributed by atoms with E-state index in [0.29, 0.717) is 0 Å². The average molecular weight is 413 g/mol. The normalized spacial score (nSPS) is 11.8. The molecule has 3 rings (SSSR count). The molecule has 0 aliphatic heterocycles. The minimum Gasteiger partial charge on any atom is -0.318 e. The third-order valence-electron chi connectivity index (χ3n) is 4.76. The van der Waals surface area contributed by atoms with Gasteiger partial charge in [0.15, 0.2) is 0 Å². The Labute approximate surface area is 173 Å². The number of carbonyl (C=O) groups excluding carboxylic acids is 1. The molecule has 0 bridgehead atoms. The highest BCUT2D eigenvalue weighted by atomic mass is 19.4. The van der Waals surface area contributed by atoms with Crippen molar-refractivity contribution in [1.29, 1.82) is 0 Å². The third kappa shape index (κ3) is 4.62. The van der Waals surface area contributed by atoms with Crippen LogP contribution in [0.4, 0.5) is 13.2 Å². The second-order valence-corrected chi connectivity index (χ2v) is 7.29. The Hall–Kier alpha value is -3.35. The minimum absolute atomic E-state index is 0.109. The van der Waals surface area contributed by atoms with E-state index in [4.69, 9.17) is 0 Å². The van der Waals surface area contributed by atoms with Crippen molar-refractivity contribution in [2.45, 2.75) is 33.9 Å². The zero-order valence-corrected chi connectivity index (χ0v) is 17.1. The van der Waals surface area contributed by atoms with Gasteiger partial charge in [0.05, 0.1) is 11.8 Å². The van der Waals surface area contributed by atoms with E-state index in [-0.39, 0.29) is 5.56 Å². The Morgan fingerprint density at radius 2 is 1.67 bits per heavy atom. The second kappa shape index (κ2) is 8.18. The number of benzene rings is 2. The van der Waals surface area contributed by atoms with Crippen LogP contribution in [0.5, 0.6) is 0 Å². The number of hydrazone groups is 1. The van der Waals surface area contributed by atoms with E-state index < -0.39 is 17.6 Å². The van der Waals surface area contributed by atoms with E-state index in [1.165, 1.54) is 18.3 Å². The largest absolute Gasteiger partial charge is 0.416 e. The van der Waals surface area contributed by atoms with Crippen LogP contribution >= 0.6 is 0 Å². The fraction of sp³-hybridized carbons (Fsp3) is 0.217. The number of alkyl halides is 3. The highest BCUT2D eigenvalue weighted by Crippen LogP contribution is 2.29. The van der Waals surface area contributed by atoms with Crippen molar-refractivity contribution in [3.63, 3.8) is 0 Å². The first-order chi connectivity index (χ1) is 14.1. The zero-order valence-electron chi connectivity index (χ0n) is 17.1. The molecule has 1 N–H and O–H groups in total. The topological polar surface area (TPSA) is 46.4 Å². The van der Waals surface area contributed by atoms with Crippen LogP contribution in [0, 0.1) is 27.7 Å². The van der Waals surface area contributed by atoms with E-state index in [1.54, 1.807) is 0 Å². The predicted octanol–water partition coefficient (Wildman–Crippen LogP) is 5.49. The molecule has 0 saturated heterocycles. The molecule has 1 aromatic heterocycles. The van der Waals surface area contributed by atoms with Crippen LogP contribution in [-0.4, -0.2) is 16.7 Å². The molecule has 3 aromatic rings. The molecule has 0 spiro atoms. The number of hydrogen-bond acceptors (Lipinski definition) is 2. The van der Waals surface area contributed by atoms with Crippen molar-refractivity contribution < 1.29 is 18.0 Å². The van der Waals surface area contributed by atoms with Crippen LogP contribution in [-0.2, 0) is 6.18 Å².